The molecule has 0 radical (unpaired) electrons. The maximum Gasteiger partial charge on any atom is 0.123 e. The Morgan fingerprint density at radius 2 is 1.85 bits per heavy atom. The molecule has 26 heavy (non-hydrogen) atoms. The van der Waals surface area contributed by atoms with Gasteiger partial charge in [0.2, 0.25) is 0 Å². The number of aliphatic hydroxyl groups is 1. The van der Waals surface area contributed by atoms with Crippen molar-refractivity contribution in [3.63, 3.8) is 0 Å². The fourth-order valence-corrected chi connectivity index (χ4v) is 4.82. The van der Waals surface area contributed by atoms with E-state index in [4.69, 9.17) is 0 Å². The zero-order valence-electron chi connectivity index (χ0n) is 15.5. The normalized spacial score (nSPS) is 33.8. The van der Waals surface area contributed by atoms with E-state index in [1.54, 1.807) is 0 Å². The number of hydrogen-bond donors (Lipinski definition) is 3. The molecule has 0 bridgehead atoms. The standard InChI is InChI=1S/C20H31FN4O/c21-18-6-4-16(5-7-18)19-17(12-22-23-19)13-25-11-8-20(26,15-25)14-24-9-2-1-3-10-24/h4-7,17,19,22-23,26H,1-3,8-15H2. The predicted molar refractivity (Wildman–Crippen MR) is 100 cm³/mol. The molecule has 0 saturated carbocycles. The monoisotopic (exact) mass is 362 g/mol. The third-order valence-corrected chi connectivity index (χ3v) is 6.19. The van der Waals surface area contributed by atoms with Gasteiger partial charge < -0.3 is 10.0 Å². The number of halogens is 1. The van der Waals surface area contributed by atoms with Crippen LogP contribution in [0.4, 0.5) is 4.39 Å². The number of rotatable bonds is 5. The van der Waals surface area contributed by atoms with Crippen molar-refractivity contribution in [1.29, 1.82) is 0 Å². The molecule has 144 valence electrons. The topological polar surface area (TPSA) is 50.8 Å². The molecule has 3 saturated heterocycles. The minimum absolute atomic E-state index is 0.186. The molecule has 3 heterocycles. The first kappa shape index (κ1) is 18.3. The highest BCUT2D eigenvalue weighted by Gasteiger charge is 2.40. The van der Waals surface area contributed by atoms with Gasteiger partial charge in [0.05, 0.1) is 11.6 Å². The molecular weight excluding hydrogens is 331 g/mol. The summed E-state index contributed by atoms with van der Waals surface area (Å²) in [4.78, 5) is 4.84. The van der Waals surface area contributed by atoms with Crippen molar-refractivity contribution in [3.8, 4) is 0 Å². The van der Waals surface area contributed by atoms with E-state index in [1.807, 2.05) is 12.1 Å². The van der Waals surface area contributed by atoms with E-state index in [0.29, 0.717) is 5.92 Å². The molecule has 0 aliphatic carbocycles. The van der Waals surface area contributed by atoms with Crippen molar-refractivity contribution in [3.05, 3.63) is 35.6 Å². The summed E-state index contributed by atoms with van der Waals surface area (Å²) in [7, 11) is 0. The molecule has 6 heteroatoms. The summed E-state index contributed by atoms with van der Waals surface area (Å²) >= 11 is 0. The second-order valence-corrected chi connectivity index (χ2v) is 8.36. The van der Waals surface area contributed by atoms with Crippen LogP contribution < -0.4 is 10.9 Å². The Kier molecular flexibility index (Phi) is 5.57. The van der Waals surface area contributed by atoms with Gasteiger partial charge in [0, 0.05) is 38.6 Å². The summed E-state index contributed by atoms with van der Waals surface area (Å²) < 4.78 is 13.2. The highest BCUT2D eigenvalue weighted by molar-refractivity contribution is 5.21. The van der Waals surface area contributed by atoms with Gasteiger partial charge in [-0.05, 0) is 50.0 Å². The first-order chi connectivity index (χ1) is 12.6. The molecule has 3 N–H and O–H groups in total. The van der Waals surface area contributed by atoms with Crippen LogP contribution in [0.1, 0.15) is 37.3 Å². The van der Waals surface area contributed by atoms with Crippen molar-refractivity contribution in [2.45, 2.75) is 37.3 Å². The minimum atomic E-state index is -0.567. The minimum Gasteiger partial charge on any atom is -0.387 e. The Bertz CT molecular complexity index is 592. The maximum absolute atomic E-state index is 13.2. The van der Waals surface area contributed by atoms with Crippen LogP contribution in [-0.4, -0.2) is 66.3 Å². The molecule has 1 aromatic carbocycles. The lowest BCUT2D eigenvalue weighted by atomic mass is 9.94. The molecule has 0 spiro atoms. The lowest BCUT2D eigenvalue weighted by Crippen LogP contribution is -2.47. The van der Waals surface area contributed by atoms with Gasteiger partial charge in [0.25, 0.3) is 0 Å². The number of β-amino-alcohol motifs (C(OH)–C–C–N with tert-alkyl or cyclic N) is 1. The van der Waals surface area contributed by atoms with Crippen LogP contribution >= 0.6 is 0 Å². The Morgan fingerprint density at radius 3 is 2.62 bits per heavy atom. The second kappa shape index (κ2) is 7.90. The molecule has 0 aromatic heterocycles. The van der Waals surface area contributed by atoms with Crippen molar-refractivity contribution in [2.24, 2.45) is 5.92 Å². The number of nitrogens with zero attached hydrogens (tertiary/aromatic N) is 2. The SMILES string of the molecule is OC1(CN2CCCCC2)CCN(CC2CNNC2c2ccc(F)cc2)C1. The molecule has 3 fully saturated rings. The van der Waals surface area contributed by atoms with Gasteiger partial charge in [-0.3, -0.25) is 10.3 Å². The third kappa shape index (κ3) is 4.26. The van der Waals surface area contributed by atoms with Gasteiger partial charge in [-0.2, -0.15) is 0 Å². The Hall–Kier alpha value is -1.05. The molecule has 3 aliphatic heterocycles. The summed E-state index contributed by atoms with van der Waals surface area (Å²) in [5.41, 5.74) is 7.14. The van der Waals surface area contributed by atoms with Gasteiger partial charge in [-0.15, -0.1) is 0 Å². The van der Waals surface area contributed by atoms with Crippen LogP contribution in [0.25, 0.3) is 0 Å². The number of piperidine rings is 1. The zero-order chi connectivity index (χ0) is 18.0. The van der Waals surface area contributed by atoms with Gasteiger partial charge >= 0.3 is 0 Å². The van der Waals surface area contributed by atoms with E-state index in [-0.39, 0.29) is 11.9 Å². The van der Waals surface area contributed by atoms with Gasteiger partial charge in [-0.25, -0.2) is 9.82 Å². The van der Waals surface area contributed by atoms with Crippen LogP contribution in [-0.2, 0) is 0 Å². The summed E-state index contributed by atoms with van der Waals surface area (Å²) in [6, 6.07) is 6.97. The Labute approximate surface area is 155 Å². The molecule has 4 rings (SSSR count). The van der Waals surface area contributed by atoms with Crippen LogP contribution in [0, 0.1) is 11.7 Å². The largest absolute Gasteiger partial charge is 0.387 e. The number of likely N-dealkylation sites (tertiary alicyclic amines) is 2. The van der Waals surface area contributed by atoms with Crippen LogP contribution in [0.15, 0.2) is 24.3 Å². The van der Waals surface area contributed by atoms with Crippen molar-refractivity contribution in [1.82, 2.24) is 20.7 Å². The molecular formula is C20H31FN4O. The summed E-state index contributed by atoms with van der Waals surface area (Å²) in [6.45, 7) is 6.63. The fourth-order valence-electron chi connectivity index (χ4n) is 4.82. The average molecular weight is 362 g/mol. The highest BCUT2D eigenvalue weighted by atomic mass is 19.1. The molecule has 5 nitrogen and oxygen atoms in total. The van der Waals surface area contributed by atoms with E-state index in [2.05, 4.69) is 20.7 Å². The molecule has 0 amide bonds. The molecule has 1 aromatic rings. The van der Waals surface area contributed by atoms with Crippen LogP contribution in [0.2, 0.25) is 0 Å². The summed E-state index contributed by atoms with van der Waals surface area (Å²) in [5, 5.41) is 11.0. The van der Waals surface area contributed by atoms with Gasteiger partial charge in [-0.1, -0.05) is 18.6 Å². The number of benzene rings is 1. The molecule has 3 atom stereocenters. The Morgan fingerprint density at radius 1 is 1.08 bits per heavy atom. The van der Waals surface area contributed by atoms with E-state index in [0.717, 1.165) is 57.8 Å². The molecule has 3 aliphatic rings. The van der Waals surface area contributed by atoms with E-state index >= 15 is 0 Å². The lowest BCUT2D eigenvalue weighted by molar-refractivity contribution is 0.00586. The quantitative estimate of drug-likeness (QED) is 0.741. The first-order valence-corrected chi connectivity index (χ1v) is 10.0. The zero-order valence-corrected chi connectivity index (χ0v) is 15.5. The average Bonchev–Trinajstić information content (AvgIpc) is 3.24. The molecule has 3 unspecified atom stereocenters. The van der Waals surface area contributed by atoms with Crippen LogP contribution in [0.5, 0.6) is 0 Å². The number of hydrogen-bond acceptors (Lipinski definition) is 5. The van der Waals surface area contributed by atoms with E-state index < -0.39 is 5.60 Å². The van der Waals surface area contributed by atoms with Crippen LogP contribution in [0.3, 0.4) is 0 Å². The van der Waals surface area contributed by atoms with Crippen molar-refractivity contribution >= 4 is 0 Å². The maximum atomic E-state index is 13.2. The van der Waals surface area contributed by atoms with Crippen molar-refractivity contribution < 1.29 is 9.50 Å². The highest BCUT2D eigenvalue weighted by Crippen LogP contribution is 2.29. The fraction of sp³-hybridized carbons (Fsp3) is 0.700. The third-order valence-electron chi connectivity index (χ3n) is 6.19. The second-order valence-electron chi connectivity index (χ2n) is 8.36. The predicted octanol–water partition coefficient (Wildman–Crippen LogP) is 1.51. The number of nitrogens with one attached hydrogen (secondary N) is 2. The van der Waals surface area contributed by atoms with Crippen molar-refractivity contribution in [2.75, 3.05) is 45.8 Å². The number of hydrazine groups is 1. The van der Waals surface area contributed by atoms with E-state index in [1.165, 1.54) is 31.4 Å². The summed E-state index contributed by atoms with van der Waals surface area (Å²) in [5.74, 6) is 0.219. The van der Waals surface area contributed by atoms with Gasteiger partial charge in [0.15, 0.2) is 0 Å². The summed E-state index contributed by atoms with van der Waals surface area (Å²) in [6.07, 6.45) is 4.71. The first-order valence-electron chi connectivity index (χ1n) is 10.0. The smallest absolute Gasteiger partial charge is 0.123 e. The Balaban J connectivity index is 1.33. The van der Waals surface area contributed by atoms with Gasteiger partial charge in [0.1, 0.15) is 5.82 Å². The van der Waals surface area contributed by atoms with E-state index in [9.17, 15) is 9.50 Å². The lowest BCUT2D eigenvalue weighted by Gasteiger charge is -2.34.